The molecule has 0 fully saturated rings. The Kier molecular flexibility index (Phi) is 3.33. The molecular weight excluding hydrogens is 208 g/mol. The lowest BCUT2D eigenvalue weighted by atomic mass is 10.1. The summed E-state index contributed by atoms with van der Waals surface area (Å²) in [5.41, 5.74) is 5.27. The van der Waals surface area contributed by atoms with Gasteiger partial charge in [-0.15, -0.1) is 0 Å². The van der Waals surface area contributed by atoms with E-state index in [1.165, 1.54) is 5.56 Å². The molecule has 0 spiro atoms. The molecule has 0 saturated carbocycles. The molecule has 0 amide bonds. The standard InChI is InChI=1S/C15H16N2/c1-11-6-4-8-14(10-11)17-13(3)15-12(2)7-5-9-16-15/h4-10H,1-3H3. The monoisotopic (exact) mass is 224 g/mol. The van der Waals surface area contributed by atoms with Crippen LogP contribution in [0.3, 0.4) is 0 Å². The molecular formula is C15H16N2. The van der Waals surface area contributed by atoms with E-state index in [0.717, 1.165) is 22.7 Å². The zero-order valence-corrected chi connectivity index (χ0v) is 10.4. The molecule has 1 heterocycles. The number of aromatic nitrogens is 1. The highest BCUT2D eigenvalue weighted by molar-refractivity contribution is 5.99. The predicted molar refractivity (Wildman–Crippen MR) is 72.0 cm³/mol. The van der Waals surface area contributed by atoms with Crippen LogP contribution in [0, 0.1) is 13.8 Å². The lowest BCUT2D eigenvalue weighted by molar-refractivity contribution is 1.22. The van der Waals surface area contributed by atoms with Crippen LogP contribution >= 0.6 is 0 Å². The Morgan fingerprint density at radius 3 is 2.65 bits per heavy atom. The zero-order valence-electron chi connectivity index (χ0n) is 10.4. The number of hydrogen-bond donors (Lipinski definition) is 0. The van der Waals surface area contributed by atoms with Crippen molar-refractivity contribution in [3.05, 3.63) is 59.4 Å². The average molecular weight is 224 g/mol. The van der Waals surface area contributed by atoms with Crippen molar-refractivity contribution < 1.29 is 0 Å². The summed E-state index contributed by atoms with van der Waals surface area (Å²) in [6, 6.07) is 12.2. The quantitative estimate of drug-likeness (QED) is 0.711. The third kappa shape index (κ3) is 2.78. The van der Waals surface area contributed by atoms with Crippen LogP contribution in [0.1, 0.15) is 23.7 Å². The van der Waals surface area contributed by atoms with E-state index in [4.69, 9.17) is 0 Å². The van der Waals surface area contributed by atoms with Gasteiger partial charge >= 0.3 is 0 Å². The van der Waals surface area contributed by atoms with E-state index in [2.05, 4.69) is 42.0 Å². The van der Waals surface area contributed by atoms with E-state index in [9.17, 15) is 0 Å². The molecule has 0 aliphatic carbocycles. The molecule has 17 heavy (non-hydrogen) atoms. The zero-order chi connectivity index (χ0) is 12.3. The molecule has 2 nitrogen and oxygen atoms in total. The van der Waals surface area contributed by atoms with Crippen LogP contribution in [0.2, 0.25) is 0 Å². The molecule has 2 heteroatoms. The van der Waals surface area contributed by atoms with Crippen molar-refractivity contribution in [1.29, 1.82) is 0 Å². The van der Waals surface area contributed by atoms with Crippen LogP contribution in [0.4, 0.5) is 5.69 Å². The van der Waals surface area contributed by atoms with E-state index in [1.54, 1.807) is 6.20 Å². The number of nitrogens with zero attached hydrogens (tertiary/aromatic N) is 2. The van der Waals surface area contributed by atoms with Crippen molar-refractivity contribution in [2.75, 3.05) is 0 Å². The van der Waals surface area contributed by atoms with Gasteiger partial charge in [-0.05, 0) is 50.1 Å². The van der Waals surface area contributed by atoms with Crippen molar-refractivity contribution in [3.63, 3.8) is 0 Å². The second kappa shape index (κ2) is 4.91. The highest BCUT2D eigenvalue weighted by Gasteiger charge is 2.02. The number of hydrogen-bond acceptors (Lipinski definition) is 2. The van der Waals surface area contributed by atoms with Crippen molar-refractivity contribution in [1.82, 2.24) is 4.98 Å². The van der Waals surface area contributed by atoms with Crippen LogP contribution in [-0.4, -0.2) is 10.7 Å². The molecule has 0 radical (unpaired) electrons. The van der Waals surface area contributed by atoms with Gasteiger partial charge < -0.3 is 0 Å². The van der Waals surface area contributed by atoms with E-state index >= 15 is 0 Å². The van der Waals surface area contributed by atoms with Gasteiger partial charge in [0.1, 0.15) is 0 Å². The highest BCUT2D eigenvalue weighted by Crippen LogP contribution is 2.16. The average Bonchev–Trinajstić information content (AvgIpc) is 2.29. The van der Waals surface area contributed by atoms with Crippen molar-refractivity contribution in [2.24, 2.45) is 4.99 Å². The first kappa shape index (κ1) is 11.5. The largest absolute Gasteiger partial charge is 0.255 e. The van der Waals surface area contributed by atoms with E-state index < -0.39 is 0 Å². The molecule has 0 saturated heterocycles. The Labute approximate surface area is 102 Å². The fourth-order valence-electron chi connectivity index (χ4n) is 1.81. The molecule has 86 valence electrons. The van der Waals surface area contributed by atoms with Gasteiger partial charge in [0.2, 0.25) is 0 Å². The topological polar surface area (TPSA) is 25.2 Å². The SMILES string of the molecule is CC(=Nc1cccc(C)c1)c1ncccc1C. The van der Waals surface area contributed by atoms with Gasteiger partial charge in [0.15, 0.2) is 0 Å². The van der Waals surface area contributed by atoms with Gasteiger partial charge in [0, 0.05) is 6.20 Å². The fourth-order valence-corrected chi connectivity index (χ4v) is 1.81. The smallest absolute Gasteiger partial charge is 0.0870 e. The molecule has 0 aliphatic heterocycles. The highest BCUT2D eigenvalue weighted by atomic mass is 14.8. The maximum atomic E-state index is 4.61. The molecule has 0 bridgehead atoms. The Hall–Kier alpha value is -1.96. The van der Waals surface area contributed by atoms with Gasteiger partial charge in [0.25, 0.3) is 0 Å². The number of pyridine rings is 1. The molecule has 0 aliphatic rings. The van der Waals surface area contributed by atoms with Crippen molar-refractivity contribution in [3.8, 4) is 0 Å². The Morgan fingerprint density at radius 2 is 1.94 bits per heavy atom. The van der Waals surface area contributed by atoms with Gasteiger partial charge in [-0.3, -0.25) is 9.98 Å². The Bertz CT molecular complexity index is 556. The van der Waals surface area contributed by atoms with Crippen molar-refractivity contribution >= 4 is 11.4 Å². The van der Waals surface area contributed by atoms with E-state index in [-0.39, 0.29) is 0 Å². The number of aliphatic imine (C=N–C) groups is 1. The summed E-state index contributed by atoms with van der Waals surface area (Å²) in [4.78, 5) is 8.97. The first-order valence-electron chi connectivity index (χ1n) is 5.71. The Morgan fingerprint density at radius 1 is 1.12 bits per heavy atom. The fraction of sp³-hybridized carbons (Fsp3) is 0.200. The summed E-state index contributed by atoms with van der Waals surface area (Å²) in [7, 11) is 0. The minimum Gasteiger partial charge on any atom is -0.255 e. The third-order valence-corrected chi connectivity index (χ3v) is 2.65. The van der Waals surface area contributed by atoms with Crippen LogP contribution < -0.4 is 0 Å². The summed E-state index contributed by atoms with van der Waals surface area (Å²) >= 11 is 0. The molecule has 0 unspecified atom stereocenters. The third-order valence-electron chi connectivity index (χ3n) is 2.65. The maximum Gasteiger partial charge on any atom is 0.0870 e. The molecule has 1 aromatic heterocycles. The van der Waals surface area contributed by atoms with Gasteiger partial charge in [0.05, 0.1) is 17.1 Å². The lowest BCUT2D eigenvalue weighted by Gasteiger charge is -2.04. The maximum absolute atomic E-state index is 4.61. The summed E-state index contributed by atoms with van der Waals surface area (Å²) in [6.45, 7) is 6.12. The molecule has 0 atom stereocenters. The summed E-state index contributed by atoms with van der Waals surface area (Å²) < 4.78 is 0. The van der Waals surface area contributed by atoms with Crippen LogP contribution in [0.15, 0.2) is 47.6 Å². The van der Waals surface area contributed by atoms with Crippen LogP contribution in [-0.2, 0) is 0 Å². The second-order valence-corrected chi connectivity index (χ2v) is 4.21. The first-order valence-corrected chi connectivity index (χ1v) is 5.71. The van der Waals surface area contributed by atoms with Crippen LogP contribution in [0.25, 0.3) is 0 Å². The summed E-state index contributed by atoms with van der Waals surface area (Å²) in [5.74, 6) is 0. The van der Waals surface area contributed by atoms with Gasteiger partial charge in [-0.2, -0.15) is 0 Å². The number of benzene rings is 1. The van der Waals surface area contributed by atoms with Gasteiger partial charge in [-0.25, -0.2) is 0 Å². The van der Waals surface area contributed by atoms with Crippen molar-refractivity contribution in [2.45, 2.75) is 20.8 Å². The molecule has 0 N–H and O–H groups in total. The first-order chi connectivity index (χ1) is 8.16. The Balaban J connectivity index is 2.38. The summed E-state index contributed by atoms with van der Waals surface area (Å²) in [5, 5.41) is 0. The molecule has 2 aromatic rings. The molecule has 1 aromatic carbocycles. The minimum absolute atomic E-state index is 0.953. The number of aryl methyl sites for hydroxylation is 2. The predicted octanol–water partition coefficient (Wildman–Crippen LogP) is 3.84. The van der Waals surface area contributed by atoms with E-state index in [1.807, 2.05) is 25.1 Å². The van der Waals surface area contributed by atoms with Gasteiger partial charge in [-0.1, -0.05) is 18.2 Å². The molecule has 2 rings (SSSR count). The normalized spacial score (nSPS) is 11.6. The minimum atomic E-state index is 0.953. The number of rotatable bonds is 2. The van der Waals surface area contributed by atoms with E-state index in [0.29, 0.717) is 0 Å². The lowest BCUT2D eigenvalue weighted by Crippen LogP contribution is -2.00. The van der Waals surface area contributed by atoms with Crippen LogP contribution in [0.5, 0.6) is 0 Å². The second-order valence-electron chi connectivity index (χ2n) is 4.21. The summed E-state index contributed by atoms with van der Waals surface area (Å²) in [6.07, 6.45) is 1.80.